The van der Waals surface area contributed by atoms with Crippen molar-refractivity contribution < 1.29 is 23.7 Å². The highest BCUT2D eigenvalue weighted by atomic mass is 16.7. The van der Waals surface area contributed by atoms with Crippen LogP contribution in [-0.4, -0.2) is 51.7 Å². The highest BCUT2D eigenvalue weighted by Gasteiger charge is 2.65. The normalized spacial score (nSPS) is 45.4. The molecule has 5 nitrogen and oxygen atoms in total. The lowest BCUT2D eigenvalue weighted by Crippen LogP contribution is -2.54. The lowest BCUT2D eigenvalue weighted by Gasteiger charge is -2.56. The Kier molecular flexibility index (Phi) is 5.52. The molecule has 0 N–H and O–H groups in total. The molecule has 166 valence electrons. The van der Waals surface area contributed by atoms with Gasteiger partial charge in [-0.25, -0.2) is 0 Å². The van der Waals surface area contributed by atoms with E-state index in [2.05, 4.69) is 13.8 Å². The third kappa shape index (κ3) is 3.14. The van der Waals surface area contributed by atoms with E-state index in [0.717, 1.165) is 70.1 Å². The summed E-state index contributed by atoms with van der Waals surface area (Å²) in [6, 6.07) is 0. The molecule has 2 saturated heterocycles. The first-order valence-corrected chi connectivity index (χ1v) is 12.1. The zero-order chi connectivity index (χ0) is 20.1. The second-order valence-electron chi connectivity index (χ2n) is 10.5. The molecule has 29 heavy (non-hydrogen) atoms. The van der Waals surface area contributed by atoms with Gasteiger partial charge in [0, 0.05) is 32.0 Å². The molecule has 2 aliphatic heterocycles. The average molecular weight is 409 g/mol. The molecule has 3 saturated carbocycles. The smallest absolute Gasteiger partial charge is 0.174 e. The highest BCUT2D eigenvalue weighted by molar-refractivity contribution is 5.10. The maximum Gasteiger partial charge on any atom is 0.174 e. The first-order chi connectivity index (χ1) is 14.1. The van der Waals surface area contributed by atoms with E-state index in [-0.39, 0.29) is 17.0 Å². The summed E-state index contributed by atoms with van der Waals surface area (Å²) in [5, 5.41) is 0. The Labute approximate surface area is 176 Å². The number of fused-ring (bicyclic) bond motifs is 4. The van der Waals surface area contributed by atoms with Crippen molar-refractivity contribution in [3.05, 3.63) is 0 Å². The van der Waals surface area contributed by atoms with Gasteiger partial charge in [-0.2, -0.15) is 0 Å². The van der Waals surface area contributed by atoms with Gasteiger partial charge in [-0.15, -0.1) is 0 Å². The zero-order valence-electron chi connectivity index (χ0n) is 18.6. The van der Waals surface area contributed by atoms with E-state index in [4.69, 9.17) is 23.7 Å². The Bertz CT molecular complexity index is 582. The number of ether oxygens (including phenoxy) is 5. The predicted molar refractivity (Wildman–Crippen MR) is 109 cm³/mol. The molecule has 0 aromatic carbocycles. The fourth-order valence-electron chi connectivity index (χ4n) is 8.19. The van der Waals surface area contributed by atoms with Gasteiger partial charge in [0.15, 0.2) is 11.6 Å². The van der Waals surface area contributed by atoms with E-state index < -0.39 is 0 Å². The minimum absolute atomic E-state index is 0.178. The van der Waals surface area contributed by atoms with E-state index in [1.165, 1.54) is 32.1 Å². The van der Waals surface area contributed by atoms with Crippen LogP contribution in [0.2, 0.25) is 0 Å². The highest BCUT2D eigenvalue weighted by Crippen LogP contribution is 2.66. The van der Waals surface area contributed by atoms with Crippen LogP contribution in [0.15, 0.2) is 0 Å². The summed E-state index contributed by atoms with van der Waals surface area (Å²) in [6.07, 6.45) is 9.39. The molecular weight excluding hydrogens is 368 g/mol. The molecule has 1 spiro atoms. The van der Waals surface area contributed by atoms with Crippen LogP contribution in [-0.2, 0) is 23.7 Å². The maximum absolute atomic E-state index is 6.29. The van der Waals surface area contributed by atoms with Gasteiger partial charge in [0.05, 0.1) is 26.4 Å². The van der Waals surface area contributed by atoms with E-state index in [1.807, 2.05) is 7.11 Å². The van der Waals surface area contributed by atoms with Crippen molar-refractivity contribution in [3.63, 3.8) is 0 Å². The molecule has 5 rings (SSSR count). The van der Waals surface area contributed by atoms with E-state index >= 15 is 0 Å². The second kappa shape index (κ2) is 7.74. The molecule has 6 atom stereocenters. The van der Waals surface area contributed by atoms with Crippen molar-refractivity contribution in [1.82, 2.24) is 0 Å². The van der Waals surface area contributed by atoms with E-state index in [9.17, 15) is 0 Å². The topological polar surface area (TPSA) is 46.2 Å². The molecule has 5 aliphatic rings. The fourth-order valence-corrected chi connectivity index (χ4v) is 8.19. The Morgan fingerprint density at radius 2 is 1.59 bits per heavy atom. The van der Waals surface area contributed by atoms with Crippen LogP contribution in [0.5, 0.6) is 0 Å². The third-order valence-electron chi connectivity index (χ3n) is 9.60. The van der Waals surface area contributed by atoms with Gasteiger partial charge in [0.1, 0.15) is 0 Å². The van der Waals surface area contributed by atoms with Crippen LogP contribution in [0, 0.1) is 35.0 Å². The van der Waals surface area contributed by atoms with Crippen molar-refractivity contribution in [1.29, 1.82) is 0 Å². The maximum atomic E-state index is 6.29. The summed E-state index contributed by atoms with van der Waals surface area (Å²) < 4.78 is 30.6. The molecule has 0 amide bonds. The van der Waals surface area contributed by atoms with Gasteiger partial charge in [-0.05, 0) is 68.1 Å². The van der Waals surface area contributed by atoms with Crippen LogP contribution in [0.4, 0.5) is 0 Å². The van der Waals surface area contributed by atoms with Gasteiger partial charge in [-0.1, -0.05) is 13.8 Å². The lowest BCUT2D eigenvalue weighted by molar-refractivity contribution is -0.244. The summed E-state index contributed by atoms with van der Waals surface area (Å²) in [5.41, 5.74) is 0.178. The molecule has 3 aliphatic carbocycles. The van der Waals surface area contributed by atoms with Crippen LogP contribution in [0.3, 0.4) is 0 Å². The third-order valence-corrected chi connectivity index (χ3v) is 9.60. The molecule has 0 aromatic rings. The summed E-state index contributed by atoms with van der Waals surface area (Å²) in [7, 11) is 1.87. The first kappa shape index (κ1) is 20.7. The largest absolute Gasteiger partial charge is 0.384 e. The molecule has 5 fully saturated rings. The van der Waals surface area contributed by atoms with Crippen LogP contribution in [0.25, 0.3) is 0 Å². The van der Waals surface area contributed by atoms with Gasteiger partial charge in [-0.3, -0.25) is 0 Å². The summed E-state index contributed by atoms with van der Waals surface area (Å²) in [5.74, 6) is 2.84. The second-order valence-corrected chi connectivity index (χ2v) is 10.5. The van der Waals surface area contributed by atoms with Gasteiger partial charge >= 0.3 is 0 Å². The Morgan fingerprint density at radius 3 is 2.28 bits per heavy atom. The zero-order valence-corrected chi connectivity index (χ0v) is 18.6. The summed E-state index contributed by atoms with van der Waals surface area (Å²) in [4.78, 5) is 0. The molecule has 0 bridgehead atoms. The van der Waals surface area contributed by atoms with Crippen molar-refractivity contribution >= 4 is 0 Å². The van der Waals surface area contributed by atoms with Gasteiger partial charge < -0.3 is 23.7 Å². The number of hydrogen-bond donors (Lipinski definition) is 0. The number of hydrogen-bond acceptors (Lipinski definition) is 5. The lowest BCUT2D eigenvalue weighted by atomic mass is 9.51. The van der Waals surface area contributed by atoms with E-state index in [0.29, 0.717) is 11.8 Å². The fraction of sp³-hybridized carbons (Fsp3) is 1.00. The average Bonchev–Trinajstić information content (AvgIpc) is 3.45. The monoisotopic (exact) mass is 408 g/mol. The molecule has 0 aromatic heterocycles. The SMILES string of the molecule is CCC1(CC2CCC3C(CCC4(C)C3CCC43OCCO3)C2COC)OCCO1. The van der Waals surface area contributed by atoms with Crippen molar-refractivity contribution in [2.24, 2.45) is 35.0 Å². The number of methoxy groups -OCH3 is 1. The van der Waals surface area contributed by atoms with Crippen LogP contribution >= 0.6 is 0 Å². The van der Waals surface area contributed by atoms with Crippen LogP contribution in [0.1, 0.15) is 65.2 Å². The Morgan fingerprint density at radius 1 is 0.862 bits per heavy atom. The van der Waals surface area contributed by atoms with Crippen molar-refractivity contribution in [2.45, 2.75) is 76.8 Å². The summed E-state index contributed by atoms with van der Waals surface area (Å²) >= 11 is 0. The standard InChI is InChI=1S/C24H40O5/c1-4-23(26-11-12-27-23)15-17-5-6-19-18(20(17)16-25-3)7-9-22(2)21(19)8-10-24(22)28-13-14-29-24/h17-21H,4-16H2,1-3H3. The first-order valence-electron chi connectivity index (χ1n) is 12.1. The summed E-state index contributed by atoms with van der Waals surface area (Å²) in [6.45, 7) is 8.55. The Hall–Kier alpha value is -0.200. The van der Waals surface area contributed by atoms with Crippen molar-refractivity contribution in [2.75, 3.05) is 40.1 Å². The van der Waals surface area contributed by atoms with Gasteiger partial charge in [0.2, 0.25) is 0 Å². The molecule has 2 heterocycles. The minimum Gasteiger partial charge on any atom is -0.384 e. The molecular formula is C24H40O5. The molecule has 0 radical (unpaired) electrons. The minimum atomic E-state index is -0.352. The van der Waals surface area contributed by atoms with Crippen molar-refractivity contribution in [3.8, 4) is 0 Å². The van der Waals surface area contributed by atoms with E-state index in [1.54, 1.807) is 0 Å². The quantitative estimate of drug-likeness (QED) is 0.675. The molecule has 6 unspecified atom stereocenters. The van der Waals surface area contributed by atoms with Gasteiger partial charge in [0.25, 0.3) is 0 Å². The predicted octanol–water partition coefficient (Wildman–Crippen LogP) is 4.39. The van der Waals surface area contributed by atoms with Crippen LogP contribution < -0.4 is 0 Å². The number of rotatable bonds is 5. The molecule has 5 heteroatoms. The Balaban J connectivity index is 1.36.